The molecule has 0 atom stereocenters. The third-order valence-corrected chi connectivity index (χ3v) is 4.76. The molecule has 3 aromatic rings. The van der Waals surface area contributed by atoms with Gasteiger partial charge in [-0.1, -0.05) is 42.1 Å². The number of hydrogen-bond donors (Lipinski definition) is 0. The second-order valence-corrected chi connectivity index (χ2v) is 6.92. The summed E-state index contributed by atoms with van der Waals surface area (Å²) in [5.41, 5.74) is 6.83. The average Bonchev–Trinajstić information content (AvgIpc) is 3.11. The molecule has 4 nitrogen and oxygen atoms in total. The first-order chi connectivity index (χ1) is 13.1. The lowest BCUT2D eigenvalue weighted by atomic mass is 9.87. The molecule has 4 heteroatoms. The van der Waals surface area contributed by atoms with Gasteiger partial charge in [0.05, 0.1) is 12.7 Å². The lowest BCUT2D eigenvalue weighted by molar-refractivity contribution is 0.244. The van der Waals surface area contributed by atoms with Crippen LogP contribution in [0.5, 0.6) is 5.75 Å². The third-order valence-electron chi connectivity index (χ3n) is 4.76. The Kier molecular flexibility index (Phi) is 4.29. The fourth-order valence-corrected chi connectivity index (χ4v) is 3.52. The Morgan fingerprint density at radius 2 is 2.07 bits per heavy atom. The second-order valence-electron chi connectivity index (χ2n) is 6.92. The highest BCUT2D eigenvalue weighted by Gasteiger charge is 2.25. The van der Waals surface area contributed by atoms with Gasteiger partial charge < -0.3 is 9.26 Å². The van der Waals surface area contributed by atoms with E-state index in [4.69, 9.17) is 15.8 Å². The number of aromatic nitrogens is 1. The predicted molar refractivity (Wildman–Crippen MR) is 107 cm³/mol. The third kappa shape index (κ3) is 3.02. The molecule has 1 aliphatic rings. The summed E-state index contributed by atoms with van der Waals surface area (Å²) in [5.74, 6) is 1.34. The van der Waals surface area contributed by atoms with Crippen molar-refractivity contribution in [3.05, 3.63) is 71.1 Å². The van der Waals surface area contributed by atoms with E-state index in [0.29, 0.717) is 11.4 Å². The quantitative estimate of drug-likeness (QED) is 0.531. The minimum atomic E-state index is 0.0198. The highest BCUT2D eigenvalue weighted by atomic mass is 16.5. The van der Waals surface area contributed by atoms with Crippen molar-refractivity contribution < 1.29 is 9.26 Å². The fourth-order valence-electron chi connectivity index (χ4n) is 3.52. The zero-order chi connectivity index (χ0) is 19.0. The van der Waals surface area contributed by atoms with Gasteiger partial charge in [-0.25, -0.2) is 4.85 Å². The first kappa shape index (κ1) is 17.1. The topological polar surface area (TPSA) is 39.6 Å². The van der Waals surface area contributed by atoms with Crippen molar-refractivity contribution in [3.8, 4) is 28.3 Å². The molecule has 0 N–H and O–H groups in total. The number of nitrogens with zero attached hydrogens (tertiary/aromatic N) is 2. The second kappa shape index (κ2) is 6.77. The van der Waals surface area contributed by atoms with Gasteiger partial charge in [-0.2, -0.15) is 0 Å². The molecule has 0 radical (unpaired) electrons. The fraction of sp³-hybridized carbons (Fsp3) is 0.217. The Labute approximate surface area is 158 Å². The zero-order valence-corrected chi connectivity index (χ0v) is 15.5. The molecule has 0 fully saturated rings. The summed E-state index contributed by atoms with van der Waals surface area (Å²) in [7, 11) is 0. The normalized spacial score (nSPS) is 12.2. The minimum Gasteiger partial charge on any atom is -0.502 e. The molecule has 1 aromatic heterocycles. The number of ether oxygens (including phenoxy) is 1. The van der Waals surface area contributed by atoms with Gasteiger partial charge in [0.15, 0.2) is 5.76 Å². The van der Waals surface area contributed by atoms with Crippen molar-refractivity contribution in [1.82, 2.24) is 5.16 Å². The molecule has 0 bridgehead atoms. The van der Waals surface area contributed by atoms with Crippen molar-refractivity contribution in [2.75, 3.05) is 0 Å². The lowest BCUT2D eigenvalue weighted by Crippen LogP contribution is -2.05. The average molecular weight is 356 g/mol. The van der Waals surface area contributed by atoms with Crippen LogP contribution in [-0.2, 0) is 12.8 Å². The highest BCUT2D eigenvalue weighted by molar-refractivity contribution is 5.79. The molecule has 0 saturated carbocycles. The summed E-state index contributed by atoms with van der Waals surface area (Å²) in [4.78, 5) is 3.61. The Morgan fingerprint density at radius 3 is 2.81 bits per heavy atom. The van der Waals surface area contributed by atoms with Gasteiger partial charge in [0, 0.05) is 16.7 Å². The van der Waals surface area contributed by atoms with Crippen molar-refractivity contribution >= 4 is 11.8 Å². The van der Waals surface area contributed by atoms with Crippen molar-refractivity contribution in [1.29, 1.82) is 0 Å². The van der Waals surface area contributed by atoms with Crippen LogP contribution < -0.4 is 4.74 Å². The monoisotopic (exact) mass is 356 g/mol. The summed E-state index contributed by atoms with van der Waals surface area (Å²) in [6.07, 6.45) is 3.67. The summed E-state index contributed by atoms with van der Waals surface area (Å²) in [6, 6.07) is 11.9. The molecule has 0 saturated heterocycles. The number of aryl methyl sites for hydroxylation is 1. The molecule has 0 aliphatic heterocycles. The van der Waals surface area contributed by atoms with Crippen LogP contribution in [0.25, 0.3) is 33.5 Å². The Balaban J connectivity index is 1.77. The Hall–Kier alpha value is -3.32. The number of rotatable bonds is 4. The van der Waals surface area contributed by atoms with Crippen LogP contribution >= 0.6 is 0 Å². The molecule has 2 aromatic carbocycles. The molecular weight excluding hydrogens is 336 g/mol. The molecule has 4 rings (SSSR count). The first-order valence-corrected chi connectivity index (χ1v) is 9.03. The van der Waals surface area contributed by atoms with E-state index in [1.807, 2.05) is 44.2 Å². The molecule has 1 heterocycles. The summed E-state index contributed by atoms with van der Waals surface area (Å²) >= 11 is 0. The van der Waals surface area contributed by atoms with Crippen LogP contribution in [0.15, 0.2) is 47.5 Å². The van der Waals surface area contributed by atoms with Crippen LogP contribution in [0.2, 0.25) is 0 Å². The molecule has 0 amide bonds. The first-order valence-electron chi connectivity index (χ1n) is 9.03. The maximum absolute atomic E-state index is 7.46. The van der Waals surface area contributed by atoms with Crippen LogP contribution in [0.1, 0.15) is 30.5 Å². The van der Waals surface area contributed by atoms with Gasteiger partial charge in [0.25, 0.3) is 0 Å². The summed E-state index contributed by atoms with van der Waals surface area (Å²) in [5, 5.41) is 4.35. The molecule has 27 heavy (non-hydrogen) atoms. The highest BCUT2D eigenvalue weighted by Crippen LogP contribution is 2.41. The van der Waals surface area contributed by atoms with Crippen molar-refractivity contribution in [3.63, 3.8) is 0 Å². The van der Waals surface area contributed by atoms with Crippen molar-refractivity contribution in [2.24, 2.45) is 0 Å². The van der Waals surface area contributed by atoms with Crippen LogP contribution in [0, 0.1) is 6.57 Å². The zero-order valence-electron chi connectivity index (χ0n) is 15.5. The molecular formula is C23H20N2O2. The molecule has 0 unspecified atom stereocenters. The van der Waals surface area contributed by atoms with E-state index < -0.39 is 0 Å². The maximum atomic E-state index is 7.46. The van der Waals surface area contributed by atoms with Crippen molar-refractivity contribution in [2.45, 2.75) is 32.8 Å². The van der Waals surface area contributed by atoms with E-state index in [-0.39, 0.29) is 6.10 Å². The predicted octanol–water partition coefficient (Wildman–Crippen LogP) is 6.09. The van der Waals surface area contributed by atoms with E-state index in [1.54, 1.807) is 0 Å². The minimum absolute atomic E-state index is 0.0198. The standard InChI is InChI=1S/C23H20N2O2/c1-5-15-6-9-18-16(12-15)7-10-19-22(18)25-27-23(19)17-8-11-21(26-14(2)3)20(13-17)24-4/h5-6,8-9,11-14H,1,7,10H2,2-3H3. The van der Waals surface area contributed by atoms with Gasteiger partial charge in [-0.15, -0.1) is 0 Å². The van der Waals surface area contributed by atoms with E-state index in [2.05, 4.69) is 28.7 Å². The Bertz CT molecular complexity index is 1070. The largest absolute Gasteiger partial charge is 0.502 e. The lowest BCUT2D eigenvalue weighted by Gasteiger charge is -2.16. The van der Waals surface area contributed by atoms with Crippen LogP contribution in [0.3, 0.4) is 0 Å². The maximum Gasteiger partial charge on any atom is 0.228 e. The van der Waals surface area contributed by atoms with E-state index in [1.165, 1.54) is 5.56 Å². The number of fused-ring (bicyclic) bond motifs is 3. The van der Waals surface area contributed by atoms with Gasteiger partial charge in [0.1, 0.15) is 11.4 Å². The summed E-state index contributed by atoms with van der Waals surface area (Å²) in [6.45, 7) is 15.2. The van der Waals surface area contributed by atoms with Gasteiger partial charge in [-0.3, -0.25) is 0 Å². The smallest absolute Gasteiger partial charge is 0.228 e. The molecule has 0 spiro atoms. The van der Waals surface area contributed by atoms with E-state index >= 15 is 0 Å². The van der Waals surface area contributed by atoms with Crippen LogP contribution in [-0.4, -0.2) is 11.3 Å². The molecule has 134 valence electrons. The number of benzene rings is 2. The molecule has 1 aliphatic carbocycles. The van der Waals surface area contributed by atoms with Crippen LogP contribution in [0.4, 0.5) is 5.69 Å². The Morgan fingerprint density at radius 1 is 1.22 bits per heavy atom. The van der Waals surface area contributed by atoms with E-state index in [0.717, 1.165) is 46.5 Å². The van der Waals surface area contributed by atoms with E-state index in [9.17, 15) is 0 Å². The number of hydrogen-bond acceptors (Lipinski definition) is 3. The summed E-state index contributed by atoms with van der Waals surface area (Å²) < 4.78 is 11.4. The van der Waals surface area contributed by atoms with Gasteiger partial charge in [0.2, 0.25) is 5.69 Å². The SMILES string of the molecule is [C-]#[N+]c1cc(-c2onc3c2CCc2cc(C=C)ccc2-3)ccc1OC(C)C. The van der Waals surface area contributed by atoms with Gasteiger partial charge >= 0.3 is 0 Å². The van der Waals surface area contributed by atoms with Gasteiger partial charge in [-0.05, 0) is 49.9 Å².